The Morgan fingerprint density at radius 1 is 1.39 bits per heavy atom. The second-order valence-corrected chi connectivity index (χ2v) is 6.10. The Bertz CT molecular complexity index is 543. The smallest absolute Gasteiger partial charge is 0.254 e. The molecule has 0 radical (unpaired) electrons. The zero-order valence-electron chi connectivity index (χ0n) is 13.3. The lowest BCUT2D eigenvalue weighted by molar-refractivity contribution is 0.0778. The fraction of sp³-hybridized carbons (Fsp3) is 0.625. The molecule has 23 heavy (non-hydrogen) atoms. The molecule has 2 N–H and O–H groups in total. The number of likely N-dealkylation sites (tertiary alicyclic amines) is 1. The van der Waals surface area contributed by atoms with Gasteiger partial charge in [0.15, 0.2) is 0 Å². The minimum Gasteiger partial charge on any atom is -0.475 e. The summed E-state index contributed by atoms with van der Waals surface area (Å²) < 4.78 is 10.4. The van der Waals surface area contributed by atoms with Crippen molar-refractivity contribution in [2.75, 3.05) is 33.4 Å². The van der Waals surface area contributed by atoms with Crippen LogP contribution < -0.4 is 10.5 Å². The van der Waals surface area contributed by atoms with Crippen LogP contribution in [0.1, 0.15) is 23.2 Å². The maximum Gasteiger partial charge on any atom is 0.254 e. The molecule has 0 bridgehead atoms. The van der Waals surface area contributed by atoms with Crippen LogP contribution in [0.5, 0.6) is 5.88 Å². The van der Waals surface area contributed by atoms with Crippen LogP contribution >= 0.6 is 12.4 Å². The summed E-state index contributed by atoms with van der Waals surface area (Å²) >= 11 is 0. The highest BCUT2D eigenvalue weighted by Crippen LogP contribution is 2.37. The van der Waals surface area contributed by atoms with Crippen molar-refractivity contribution < 1.29 is 14.3 Å². The third kappa shape index (κ3) is 3.94. The average molecular weight is 342 g/mol. The predicted molar refractivity (Wildman–Crippen MR) is 88.9 cm³/mol. The molecule has 7 heteroatoms. The van der Waals surface area contributed by atoms with E-state index in [0.717, 1.165) is 25.9 Å². The number of carbonyl (C=O) groups excluding carboxylic acids is 1. The first-order chi connectivity index (χ1) is 10.7. The lowest BCUT2D eigenvalue weighted by atomic mass is 9.98. The molecule has 1 amide bonds. The topological polar surface area (TPSA) is 77.7 Å². The van der Waals surface area contributed by atoms with E-state index in [2.05, 4.69) is 4.98 Å². The molecule has 2 aliphatic rings. The number of rotatable bonds is 5. The maximum atomic E-state index is 12.6. The second kappa shape index (κ2) is 7.95. The molecule has 1 aromatic heterocycles. The van der Waals surface area contributed by atoms with E-state index < -0.39 is 0 Å². The highest BCUT2D eigenvalue weighted by Gasteiger charge is 2.42. The van der Waals surface area contributed by atoms with Crippen molar-refractivity contribution in [1.82, 2.24) is 9.88 Å². The fourth-order valence-electron chi connectivity index (χ4n) is 3.51. The number of amides is 1. The number of pyridine rings is 1. The van der Waals surface area contributed by atoms with Gasteiger partial charge in [0.25, 0.3) is 5.91 Å². The van der Waals surface area contributed by atoms with Crippen molar-refractivity contribution in [2.24, 2.45) is 17.6 Å². The van der Waals surface area contributed by atoms with E-state index in [4.69, 9.17) is 15.2 Å². The molecule has 1 aromatic rings. The van der Waals surface area contributed by atoms with Gasteiger partial charge in [-0.3, -0.25) is 4.79 Å². The first-order valence-electron chi connectivity index (χ1n) is 7.81. The number of methoxy groups -OCH3 is 1. The van der Waals surface area contributed by atoms with Crippen LogP contribution in [0, 0.1) is 11.8 Å². The first kappa shape index (κ1) is 18.0. The van der Waals surface area contributed by atoms with Crippen molar-refractivity contribution in [2.45, 2.75) is 18.9 Å². The Labute approximate surface area is 142 Å². The van der Waals surface area contributed by atoms with Crippen molar-refractivity contribution in [3.63, 3.8) is 0 Å². The Balaban J connectivity index is 0.00000192. The third-order valence-electron chi connectivity index (χ3n) is 4.72. The molecular weight excluding hydrogens is 318 g/mol. The van der Waals surface area contributed by atoms with Crippen LogP contribution in [-0.2, 0) is 4.74 Å². The van der Waals surface area contributed by atoms with Gasteiger partial charge < -0.3 is 20.1 Å². The van der Waals surface area contributed by atoms with Gasteiger partial charge in [-0.2, -0.15) is 0 Å². The zero-order chi connectivity index (χ0) is 15.5. The maximum absolute atomic E-state index is 12.6. The van der Waals surface area contributed by atoms with Gasteiger partial charge in [0.1, 0.15) is 6.61 Å². The molecule has 0 spiro atoms. The van der Waals surface area contributed by atoms with Gasteiger partial charge in [-0.1, -0.05) is 0 Å². The van der Waals surface area contributed by atoms with Gasteiger partial charge in [-0.05, 0) is 30.7 Å². The van der Waals surface area contributed by atoms with Crippen LogP contribution in [0.2, 0.25) is 0 Å². The van der Waals surface area contributed by atoms with Crippen molar-refractivity contribution in [1.29, 1.82) is 0 Å². The van der Waals surface area contributed by atoms with E-state index in [1.54, 1.807) is 25.4 Å². The largest absolute Gasteiger partial charge is 0.475 e. The molecule has 128 valence electrons. The zero-order valence-corrected chi connectivity index (χ0v) is 14.1. The monoisotopic (exact) mass is 341 g/mol. The van der Waals surface area contributed by atoms with E-state index in [-0.39, 0.29) is 24.4 Å². The van der Waals surface area contributed by atoms with Gasteiger partial charge in [0.2, 0.25) is 5.88 Å². The summed E-state index contributed by atoms with van der Waals surface area (Å²) in [7, 11) is 1.62. The van der Waals surface area contributed by atoms with Gasteiger partial charge >= 0.3 is 0 Å². The van der Waals surface area contributed by atoms with Gasteiger partial charge in [-0.15, -0.1) is 12.4 Å². The molecule has 1 saturated carbocycles. The average Bonchev–Trinajstić information content (AvgIpc) is 3.10. The normalized spacial score (nSPS) is 25.8. The van der Waals surface area contributed by atoms with E-state index in [9.17, 15) is 4.79 Å². The van der Waals surface area contributed by atoms with Crippen molar-refractivity contribution in [3.05, 3.63) is 23.9 Å². The summed E-state index contributed by atoms with van der Waals surface area (Å²) in [5, 5.41) is 0. The summed E-state index contributed by atoms with van der Waals surface area (Å²) in [6.45, 7) is 2.50. The molecule has 1 saturated heterocycles. The number of hydrogen-bond donors (Lipinski definition) is 1. The van der Waals surface area contributed by atoms with E-state index in [0.29, 0.717) is 36.5 Å². The number of ether oxygens (including phenoxy) is 2. The molecule has 2 fully saturated rings. The summed E-state index contributed by atoms with van der Waals surface area (Å²) in [6, 6.07) is 3.68. The highest BCUT2D eigenvalue weighted by atomic mass is 35.5. The summed E-state index contributed by atoms with van der Waals surface area (Å²) in [4.78, 5) is 18.7. The number of aromatic nitrogens is 1. The van der Waals surface area contributed by atoms with Gasteiger partial charge in [0.05, 0.1) is 6.61 Å². The quantitative estimate of drug-likeness (QED) is 0.818. The Kier molecular flexibility index (Phi) is 6.21. The third-order valence-corrected chi connectivity index (χ3v) is 4.72. The molecular formula is C16H24ClN3O3. The molecule has 3 rings (SSSR count). The van der Waals surface area contributed by atoms with Crippen molar-refractivity contribution >= 4 is 18.3 Å². The molecule has 3 unspecified atom stereocenters. The van der Waals surface area contributed by atoms with Crippen LogP contribution in [0.15, 0.2) is 18.3 Å². The van der Waals surface area contributed by atoms with E-state index in [1.807, 2.05) is 4.90 Å². The van der Waals surface area contributed by atoms with Crippen LogP contribution in [0.25, 0.3) is 0 Å². The molecule has 6 nitrogen and oxygen atoms in total. The number of nitrogens with zero attached hydrogens (tertiary/aromatic N) is 2. The lowest BCUT2D eigenvalue weighted by Gasteiger charge is -2.19. The molecule has 2 heterocycles. The van der Waals surface area contributed by atoms with Gasteiger partial charge in [-0.25, -0.2) is 4.98 Å². The lowest BCUT2D eigenvalue weighted by Crippen LogP contribution is -2.33. The minimum atomic E-state index is 0. The van der Waals surface area contributed by atoms with Crippen LogP contribution in [0.4, 0.5) is 0 Å². The number of carbonyl (C=O) groups is 1. The highest BCUT2D eigenvalue weighted by molar-refractivity contribution is 5.94. The molecule has 1 aliphatic carbocycles. The van der Waals surface area contributed by atoms with Crippen LogP contribution in [-0.4, -0.2) is 55.2 Å². The Hall–Kier alpha value is -1.37. The number of nitrogens with two attached hydrogens (primary N) is 1. The summed E-state index contributed by atoms with van der Waals surface area (Å²) in [5.41, 5.74) is 6.75. The molecule has 3 atom stereocenters. The summed E-state index contributed by atoms with van der Waals surface area (Å²) in [5.74, 6) is 1.53. The molecule has 1 aliphatic heterocycles. The second-order valence-electron chi connectivity index (χ2n) is 6.10. The standard InChI is InChI=1S/C16H23N3O3.ClH/c1-21-6-7-22-15-8-11(4-5-18-15)16(20)19-9-12-2-3-14(17)13(12)10-19;/h4-5,8,12-14H,2-3,6-7,9-10,17H2,1H3;1H. The van der Waals surface area contributed by atoms with Gasteiger partial charge in [0, 0.05) is 44.1 Å². The number of hydrogen-bond acceptors (Lipinski definition) is 5. The van der Waals surface area contributed by atoms with E-state index >= 15 is 0 Å². The first-order valence-corrected chi connectivity index (χ1v) is 7.81. The Morgan fingerprint density at radius 3 is 2.96 bits per heavy atom. The molecule has 0 aromatic carbocycles. The van der Waals surface area contributed by atoms with Crippen molar-refractivity contribution in [3.8, 4) is 5.88 Å². The SMILES string of the molecule is COCCOc1cc(C(=O)N2CC3CCC(N)C3C2)ccn1.Cl. The predicted octanol–water partition coefficient (Wildman–Crippen LogP) is 1.34. The minimum absolute atomic E-state index is 0. The number of fused-ring (bicyclic) bond motifs is 1. The van der Waals surface area contributed by atoms with E-state index in [1.165, 1.54) is 0 Å². The fourth-order valence-corrected chi connectivity index (χ4v) is 3.51. The van der Waals surface area contributed by atoms with Crippen LogP contribution in [0.3, 0.4) is 0 Å². The Morgan fingerprint density at radius 2 is 2.22 bits per heavy atom. The summed E-state index contributed by atoms with van der Waals surface area (Å²) in [6.07, 6.45) is 3.83. The number of halogens is 1.